The van der Waals surface area contributed by atoms with Crippen LogP contribution in [0.5, 0.6) is 23.0 Å². The van der Waals surface area contributed by atoms with Gasteiger partial charge in [0.05, 0.1) is 26.4 Å². The van der Waals surface area contributed by atoms with Crippen molar-refractivity contribution in [3.63, 3.8) is 0 Å². The number of aliphatic hydroxyl groups excluding tert-OH is 5. The van der Waals surface area contributed by atoms with Gasteiger partial charge in [-0.05, 0) is 67.9 Å². The molecule has 4 rings (SSSR count). The van der Waals surface area contributed by atoms with Gasteiger partial charge in [-0.2, -0.15) is 0 Å². The third-order valence-corrected chi connectivity index (χ3v) is 7.63. The molecule has 6 atom stereocenters. The first kappa shape index (κ1) is 27.5. The number of phenols is 1. The smallest absolute Gasteiger partial charge is 0.204 e. The van der Waals surface area contributed by atoms with Crippen LogP contribution in [0.4, 0.5) is 0 Å². The lowest BCUT2D eigenvalue weighted by Gasteiger charge is -2.40. The van der Waals surface area contributed by atoms with Gasteiger partial charge in [0, 0.05) is 23.7 Å². The molecule has 0 aromatic heterocycles. The first-order valence-electron chi connectivity index (χ1n) is 12.9. The predicted molar refractivity (Wildman–Crippen MR) is 136 cm³/mol. The normalized spacial score (nSPS) is 28.4. The second-order valence-corrected chi connectivity index (χ2v) is 10.1. The summed E-state index contributed by atoms with van der Waals surface area (Å²) in [6.45, 7) is -0.366. The number of benzene rings is 2. The Morgan fingerprint density at radius 2 is 1.57 bits per heavy atom. The van der Waals surface area contributed by atoms with E-state index in [1.165, 1.54) is 14.2 Å². The lowest BCUT2D eigenvalue weighted by atomic mass is 9.81. The molecule has 0 saturated heterocycles. The molecule has 0 spiro atoms. The number of aromatic hydroxyl groups is 1. The summed E-state index contributed by atoms with van der Waals surface area (Å²) in [5.74, 6) is 0.362. The van der Waals surface area contributed by atoms with Crippen molar-refractivity contribution in [2.45, 2.75) is 75.5 Å². The Hall–Kier alpha value is -2.56. The molecule has 0 amide bonds. The van der Waals surface area contributed by atoms with Crippen molar-refractivity contribution in [1.29, 1.82) is 0 Å². The van der Waals surface area contributed by atoms with E-state index in [4.69, 9.17) is 14.2 Å². The van der Waals surface area contributed by atoms with E-state index in [-0.39, 0.29) is 24.5 Å². The maximum absolute atomic E-state index is 10.8. The van der Waals surface area contributed by atoms with Crippen molar-refractivity contribution in [1.82, 2.24) is 0 Å². The van der Waals surface area contributed by atoms with Gasteiger partial charge in [0.2, 0.25) is 5.75 Å². The highest BCUT2D eigenvalue weighted by atomic mass is 16.5. The van der Waals surface area contributed by atoms with Gasteiger partial charge in [-0.3, -0.25) is 0 Å². The molecule has 2 aliphatic carbocycles. The summed E-state index contributed by atoms with van der Waals surface area (Å²) in [6.07, 6.45) is -1.31. The topological polar surface area (TPSA) is 149 Å². The maximum atomic E-state index is 10.8. The largest absolute Gasteiger partial charge is 0.507 e. The van der Waals surface area contributed by atoms with Crippen LogP contribution in [0.3, 0.4) is 0 Å². The van der Waals surface area contributed by atoms with Gasteiger partial charge < -0.3 is 44.8 Å². The highest BCUT2D eigenvalue weighted by Gasteiger charge is 2.44. The number of hydrogen-bond acceptors (Lipinski definition) is 9. The fraction of sp³-hybridized carbons (Fsp3) is 0.571. The van der Waals surface area contributed by atoms with Gasteiger partial charge in [-0.15, -0.1) is 0 Å². The number of rotatable bonds is 5. The molecule has 1 saturated carbocycles. The Morgan fingerprint density at radius 1 is 0.811 bits per heavy atom. The number of aliphatic hydroxyl groups is 5. The van der Waals surface area contributed by atoms with Crippen LogP contribution in [0.1, 0.15) is 43.2 Å². The van der Waals surface area contributed by atoms with Crippen molar-refractivity contribution in [3.8, 4) is 34.1 Å². The van der Waals surface area contributed by atoms with E-state index >= 15 is 0 Å². The van der Waals surface area contributed by atoms with Gasteiger partial charge in [-0.25, -0.2) is 0 Å². The molecule has 2 aromatic carbocycles. The molecular weight excluding hydrogens is 480 g/mol. The monoisotopic (exact) mass is 518 g/mol. The Balaban J connectivity index is 1.84. The summed E-state index contributed by atoms with van der Waals surface area (Å²) in [7, 11) is 2.97. The number of hydrogen-bond donors (Lipinski definition) is 6. The van der Waals surface area contributed by atoms with E-state index in [2.05, 4.69) is 0 Å². The fourth-order valence-corrected chi connectivity index (χ4v) is 5.44. The summed E-state index contributed by atoms with van der Waals surface area (Å²) in [6, 6.07) is 7.24. The first-order valence-corrected chi connectivity index (χ1v) is 12.9. The van der Waals surface area contributed by atoms with Gasteiger partial charge >= 0.3 is 0 Å². The quantitative estimate of drug-likeness (QED) is 0.349. The molecule has 37 heavy (non-hydrogen) atoms. The minimum absolute atomic E-state index is 0.0738. The zero-order chi connectivity index (χ0) is 26.7. The number of aryl methyl sites for hydroxylation is 2. The predicted octanol–water partition coefficient (Wildman–Crippen LogP) is 1.94. The van der Waals surface area contributed by atoms with E-state index < -0.39 is 36.4 Å². The minimum Gasteiger partial charge on any atom is -0.507 e. The minimum atomic E-state index is -1.48. The standard InChI is InChI=1S/C28H38O9/c1-35-27-20-12-16(5-3-4-6-18(30)9-7-15-8-10-21(31)19(20)11-15)26(28(27)36-2)37-22-13-17(14-29)23(32)25(34)24(22)33/h8,10-12,17-18,22-25,29-34H,3-7,9,13-14H2,1-2H3/t17-,18+,22-,23-,24+,25+/m1/s1. The number of phenolic OH excluding ortho intramolecular Hbond substituents is 1. The Bertz CT molecular complexity index is 1070. The van der Waals surface area contributed by atoms with Crippen molar-refractivity contribution in [2.75, 3.05) is 20.8 Å². The lowest BCUT2D eigenvalue weighted by Crippen LogP contribution is -2.56. The van der Waals surface area contributed by atoms with Gasteiger partial charge in [-0.1, -0.05) is 12.5 Å². The van der Waals surface area contributed by atoms with Crippen LogP contribution in [0.2, 0.25) is 0 Å². The highest BCUT2D eigenvalue weighted by Crippen LogP contribution is 2.50. The summed E-state index contributed by atoms with van der Waals surface area (Å²) in [4.78, 5) is 0. The third kappa shape index (κ3) is 5.66. The van der Waals surface area contributed by atoms with Crippen molar-refractivity contribution in [3.05, 3.63) is 35.4 Å². The van der Waals surface area contributed by atoms with E-state index in [1.54, 1.807) is 6.07 Å². The van der Waals surface area contributed by atoms with Crippen LogP contribution in [0.25, 0.3) is 11.1 Å². The van der Waals surface area contributed by atoms with E-state index in [1.807, 2.05) is 18.2 Å². The highest BCUT2D eigenvalue weighted by molar-refractivity contribution is 5.81. The van der Waals surface area contributed by atoms with Crippen LogP contribution in [-0.4, -0.2) is 82.0 Å². The van der Waals surface area contributed by atoms with Crippen LogP contribution in [-0.2, 0) is 12.8 Å². The number of ether oxygens (including phenoxy) is 3. The molecule has 0 unspecified atom stereocenters. The van der Waals surface area contributed by atoms with Crippen LogP contribution in [0.15, 0.2) is 24.3 Å². The first-order chi connectivity index (χ1) is 17.8. The molecule has 2 aromatic rings. The van der Waals surface area contributed by atoms with Gasteiger partial charge in [0.1, 0.15) is 24.1 Å². The number of fused-ring (bicyclic) bond motifs is 5. The molecule has 1 fully saturated rings. The molecule has 0 radical (unpaired) electrons. The molecule has 0 aliphatic heterocycles. The lowest BCUT2D eigenvalue weighted by molar-refractivity contribution is -0.157. The summed E-state index contributed by atoms with van der Waals surface area (Å²) in [5.41, 5.74) is 2.90. The molecule has 9 heteroatoms. The second kappa shape index (κ2) is 11.9. The van der Waals surface area contributed by atoms with Gasteiger partial charge in [0.15, 0.2) is 11.5 Å². The third-order valence-electron chi connectivity index (χ3n) is 7.63. The average molecular weight is 519 g/mol. The van der Waals surface area contributed by atoms with Crippen LogP contribution >= 0.6 is 0 Å². The van der Waals surface area contributed by atoms with E-state index in [0.29, 0.717) is 48.3 Å². The van der Waals surface area contributed by atoms with Crippen LogP contribution in [0, 0.1) is 5.92 Å². The maximum Gasteiger partial charge on any atom is 0.204 e. The Morgan fingerprint density at radius 3 is 2.27 bits per heavy atom. The fourth-order valence-electron chi connectivity index (χ4n) is 5.44. The average Bonchev–Trinajstić information content (AvgIpc) is 2.91. The molecule has 6 N–H and O–H groups in total. The molecular formula is C28H38O9. The Kier molecular flexibility index (Phi) is 8.82. The SMILES string of the molecule is COc1c2cc(c(O[C@@H]3C[C@H](CO)[C@@H](O)[C@H](O)[C@H]3O)c1OC)CCCC[C@H](O)CCc1ccc(O)c-2c1. The van der Waals surface area contributed by atoms with Gasteiger partial charge in [0.25, 0.3) is 0 Å². The molecule has 2 aliphatic rings. The van der Waals surface area contributed by atoms with Crippen molar-refractivity contribution in [2.24, 2.45) is 5.92 Å². The molecule has 9 nitrogen and oxygen atoms in total. The summed E-state index contributed by atoms with van der Waals surface area (Å²) < 4.78 is 17.8. The zero-order valence-corrected chi connectivity index (χ0v) is 21.3. The molecule has 4 bridgehead atoms. The summed E-state index contributed by atoms with van der Waals surface area (Å²) in [5, 5.41) is 62.2. The van der Waals surface area contributed by atoms with Crippen molar-refractivity contribution < 1.29 is 44.8 Å². The van der Waals surface area contributed by atoms with E-state index in [9.17, 15) is 30.6 Å². The Labute approximate surface area is 216 Å². The zero-order valence-electron chi connectivity index (χ0n) is 21.3. The molecule has 0 heterocycles. The summed E-state index contributed by atoms with van der Waals surface area (Å²) >= 11 is 0. The van der Waals surface area contributed by atoms with E-state index in [0.717, 1.165) is 24.0 Å². The molecule has 204 valence electrons. The van der Waals surface area contributed by atoms with Crippen molar-refractivity contribution >= 4 is 0 Å². The second-order valence-electron chi connectivity index (χ2n) is 10.1. The van der Waals surface area contributed by atoms with Crippen LogP contribution < -0.4 is 14.2 Å². The number of methoxy groups -OCH3 is 2.